The number of hydrogen-bond acceptors (Lipinski definition) is 6. The van der Waals surface area contributed by atoms with Gasteiger partial charge in [-0.15, -0.1) is 23.7 Å². The van der Waals surface area contributed by atoms with Crippen LogP contribution in [0.4, 0.5) is 0 Å². The average molecular weight is 435 g/mol. The number of carbonyl (C=O) groups is 1. The third-order valence-corrected chi connectivity index (χ3v) is 5.90. The van der Waals surface area contributed by atoms with Crippen molar-refractivity contribution in [3.05, 3.63) is 58.0 Å². The number of ether oxygens (including phenoxy) is 1. The highest BCUT2D eigenvalue weighted by Crippen LogP contribution is 2.30. The summed E-state index contributed by atoms with van der Waals surface area (Å²) < 4.78 is 7.01. The fourth-order valence-corrected chi connectivity index (χ4v) is 4.36. The third-order valence-electron chi connectivity index (χ3n) is 5.08. The van der Waals surface area contributed by atoms with E-state index in [2.05, 4.69) is 10.3 Å². The predicted molar refractivity (Wildman–Crippen MR) is 116 cm³/mol. The van der Waals surface area contributed by atoms with Gasteiger partial charge in [-0.3, -0.25) is 14.2 Å². The van der Waals surface area contributed by atoms with E-state index in [1.807, 2.05) is 34.5 Å². The van der Waals surface area contributed by atoms with E-state index in [0.717, 1.165) is 22.7 Å². The van der Waals surface area contributed by atoms with Gasteiger partial charge in [0.05, 0.1) is 24.9 Å². The molecule has 154 valence electrons. The van der Waals surface area contributed by atoms with Crippen LogP contribution in [0.5, 0.6) is 5.75 Å². The van der Waals surface area contributed by atoms with E-state index in [-0.39, 0.29) is 36.3 Å². The number of hydrogen-bond donors (Lipinski definition) is 1. The smallest absolute Gasteiger partial charge is 0.262 e. The molecule has 1 aliphatic heterocycles. The van der Waals surface area contributed by atoms with Crippen LogP contribution < -0.4 is 15.6 Å². The molecule has 1 N–H and O–H groups in total. The van der Waals surface area contributed by atoms with E-state index in [9.17, 15) is 9.59 Å². The lowest BCUT2D eigenvalue weighted by Crippen LogP contribution is -2.49. The SMILES string of the molecule is COc1ccccc1C1CNCCN1C(=O)CCn1cnc2sccc2c1=O.Cl. The Bertz CT molecular complexity index is 1050. The second-order valence-corrected chi connectivity index (χ2v) is 7.58. The summed E-state index contributed by atoms with van der Waals surface area (Å²) in [5, 5.41) is 5.82. The number of carbonyl (C=O) groups excluding carboxylic acids is 1. The van der Waals surface area contributed by atoms with Gasteiger partial charge < -0.3 is 15.0 Å². The van der Waals surface area contributed by atoms with Gasteiger partial charge in [-0.25, -0.2) is 4.98 Å². The number of para-hydroxylation sites is 1. The van der Waals surface area contributed by atoms with Gasteiger partial charge in [-0.1, -0.05) is 18.2 Å². The van der Waals surface area contributed by atoms with Crippen molar-refractivity contribution in [2.75, 3.05) is 26.7 Å². The maximum Gasteiger partial charge on any atom is 0.262 e. The lowest BCUT2D eigenvalue weighted by molar-refractivity contribution is -0.134. The van der Waals surface area contributed by atoms with Crippen LogP contribution in [0.15, 0.2) is 46.8 Å². The molecule has 29 heavy (non-hydrogen) atoms. The molecule has 1 atom stereocenters. The Kier molecular flexibility index (Phi) is 6.89. The maximum absolute atomic E-state index is 13.0. The summed E-state index contributed by atoms with van der Waals surface area (Å²) in [6.45, 7) is 2.37. The highest BCUT2D eigenvalue weighted by molar-refractivity contribution is 7.16. The van der Waals surface area contributed by atoms with E-state index >= 15 is 0 Å². The van der Waals surface area contributed by atoms with Crippen molar-refractivity contribution in [1.29, 1.82) is 0 Å². The first-order valence-corrected chi connectivity index (χ1v) is 10.1. The van der Waals surface area contributed by atoms with Crippen molar-refractivity contribution < 1.29 is 9.53 Å². The molecule has 9 heteroatoms. The molecule has 7 nitrogen and oxygen atoms in total. The Labute approximate surface area is 178 Å². The number of amides is 1. The molecule has 3 aromatic rings. The summed E-state index contributed by atoms with van der Waals surface area (Å²) in [7, 11) is 1.64. The van der Waals surface area contributed by atoms with Crippen LogP contribution in [-0.4, -0.2) is 47.1 Å². The fraction of sp³-hybridized carbons (Fsp3) is 0.350. The fourth-order valence-electron chi connectivity index (χ4n) is 3.63. The van der Waals surface area contributed by atoms with Crippen molar-refractivity contribution in [1.82, 2.24) is 19.8 Å². The number of fused-ring (bicyclic) bond motifs is 1. The molecule has 0 bridgehead atoms. The summed E-state index contributed by atoms with van der Waals surface area (Å²) in [4.78, 5) is 32.4. The third kappa shape index (κ3) is 4.29. The normalized spacial score (nSPS) is 16.4. The molecule has 1 aromatic carbocycles. The molecule has 3 heterocycles. The number of aromatic nitrogens is 2. The van der Waals surface area contributed by atoms with E-state index in [1.54, 1.807) is 13.2 Å². The number of thiophene rings is 1. The molecule has 0 spiro atoms. The molecule has 1 saturated heterocycles. The van der Waals surface area contributed by atoms with Crippen LogP contribution in [0.3, 0.4) is 0 Å². The van der Waals surface area contributed by atoms with Crippen LogP contribution in [0.25, 0.3) is 10.2 Å². The first kappa shape index (κ1) is 21.3. The van der Waals surface area contributed by atoms with Gasteiger partial charge in [-0.05, 0) is 17.5 Å². The minimum Gasteiger partial charge on any atom is -0.496 e. The molecule has 0 radical (unpaired) electrons. The van der Waals surface area contributed by atoms with E-state index < -0.39 is 0 Å². The monoisotopic (exact) mass is 434 g/mol. The van der Waals surface area contributed by atoms with Gasteiger partial charge in [0.2, 0.25) is 5.91 Å². The molecule has 0 saturated carbocycles. The van der Waals surface area contributed by atoms with E-state index in [0.29, 0.717) is 25.0 Å². The molecular weight excluding hydrogens is 412 g/mol. The highest BCUT2D eigenvalue weighted by Gasteiger charge is 2.29. The zero-order valence-electron chi connectivity index (χ0n) is 16.0. The number of piperazine rings is 1. The summed E-state index contributed by atoms with van der Waals surface area (Å²) in [6, 6.07) is 9.47. The largest absolute Gasteiger partial charge is 0.496 e. The highest BCUT2D eigenvalue weighted by atomic mass is 35.5. The Morgan fingerprint density at radius 1 is 1.34 bits per heavy atom. The van der Waals surface area contributed by atoms with Gasteiger partial charge in [0.1, 0.15) is 10.6 Å². The second-order valence-electron chi connectivity index (χ2n) is 6.68. The van der Waals surface area contributed by atoms with Crippen LogP contribution in [0.1, 0.15) is 18.0 Å². The number of nitrogens with one attached hydrogen (secondary N) is 1. The van der Waals surface area contributed by atoms with Gasteiger partial charge in [-0.2, -0.15) is 0 Å². The Balaban J connectivity index is 0.00000240. The molecule has 1 aliphatic rings. The molecule has 1 fully saturated rings. The maximum atomic E-state index is 13.0. The molecule has 0 aliphatic carbocycles. The second kappa shape index (κ2) is 9.39. The van der Waals surface area contributed by atoms with Gasteiger partial charge in [0.15, 0.2) is 0 Å². The van der Waals surface area contributed by atoms with Crippen molar-refractivity contribution in [3.8, 4) is 5.75 Å². The molecule has 1 unspecified atom stereocenters. The zero-order chi connectivity index (χ0) is 19.5. The Morgan fingerprint density at radius 2 is 2.17 bits per heavy atom. The summed E-state index contributed by atoms with van der Waals surface area (Å²) in [5.74, 6) is 0.798. The van der Waals surface area contributed by atoms with Gasteiger partial charge >= 0.3 is 0 Å². The molecular formula is C20H23ClN4O3S. The van der Waals surface area contributed by atoms with Crippen LogP contribution in [-0.2, 0) is 11.3 Å². The predicted octanol–water partition coefficient (Wildman–Crippen LogP) is 2.45. The first-order valence-electron chi connectivity index (χ1n) is 9.25. The van der Waals surface area contributed by atoms with Crippen molar-refractivity contribution in [3.63, 3.8) is 0 Å². The quantitative estimate of drug-likeness (QED) is 0.667. The topological polar surface area (TPSA) is 76.5 Å². The van der Waals surface area contributed by atoms with Crippen molar-refractivity contribution in [2.45, 2.75) is 19.0 Å². The minimum absolute atomic E-state index is 0. The number of benzene rings is 1. The number of halogens is 1. The number of methoxy groups -OCH3 is 1. The Morgan fingerprint density at radius 3 is 3.00 bits per heavy atom. The van der Waals surface area contributed by atoms with Crippen LogP contribution >= 0.6 is 23.7 Å². The van der Waals surface area contributed by atoms with Gasteiger partial charge in [0.25, 0.3) is 5.56 Å². The molecule has 4 rings (SSSR count). The van der Waals surface area contributed by atoms with Crippen LogP contribution in [0, 0.1) is 0 Å². The summed E-state index contributed by atoms with van der Waals surface area (Å²) in [5.41, 5.74) is 0.893. The number of rotatable bonds is 5. The average Bonchev–Trinajstić information content (AvgIpc) is 3.23. The zero-order valence-corrected chi connectivity index (χ0v) is 17.7. The number of aryl methyl sites for hydroxylation is 1. The first-order chi connectivity index (χ1) is 13.7. The summed E-state index contributed by atoms with van der Waals surface area (Å²) >= 11 is 1.44. The van der Waals surface area contributed by atoms with Crippen LogP contribution in [0.2, 0.25) is 0 Å². The van der Waals surface area contributed by atoms with E-state index in [1.165, 1.54) is 22.2 Å². The lowest BCUT2D eigenvalue weighted by Gasteiger charge is -2.37. The standard InChI is InChI=1S/C20H22N4O3S.ClH/c1-27-17-5-3-2-4-14(17)16-12-21-8-10-24(16)18(25)6-9-23-13-22-19-15(20(23)26)7-11-28-19;/h2-5,7,11,13,16,21H,6,8-10,12H2,1H3;1H. The minimum atomic E-state index is -0.0966. The van der Waals surface area contributed by atoms with E-state index in [4.69, 9.17) is 4.74 Å². The Hall–Kier alpha value is -2.42. The van der Waals surface area contributed by atoms with Gasteiger partial charge in [0, 0.05) is 38.2 Å². The molecule has 2 aromatic heterocycles. The van der Waals surface area contributed by atoms with Crippen molar-refractivity contribution in [2.24, 2.45) is 0 Å². The lowest BCUT2D eigenvalue weighted by atomic mass is 10.0. The summed E-state index contributed by atoms with van der Waals surface area (Å²) in [6.07, 6.45) is 1.78. The van der Waals surface area contributed by atoms with Crippen molar-refractivity contribution >= 4 is 39.9 Å². The molecule has 1 amide bonds. The number of nitrogens with zero attached hydrogens (tertiary/aromatic N) is 3.